The Labute approximate surface area is 118 Å². The van der Waals surface area contributed by atoms with E-state index in [0.717, 1.165) is 25.7 Å². The Morgan fingerprint density at radius 2 is 2.11 bits per heavy atom. The van der Waals surface area contributed by atoms with E-state index in [1.807, 2.05) is 0 Å². The summed E-state index contributed by atoms with van der Waals surface area (Å²) in [5.74, 6) is 1.77. The number of amides is 1. The minimum absolute atomic E-state index is 0.201. The van der Waals surface area contributed by atoms with Gasteiger partial charge >= 0.3 is 0 Å². The molecule has 1 saturated carbocycles. The van der Waals surface area contributed by atoms with Crippen molar-refractivity contribution in [1.82, 2.24) is 10.3 Å². The summed E-state index contributed by atoms with van der Waals surface area (Å²) in [5, 5.41) is 3.07. The SMILES string of the molecule is Cc1nc(C)c(C(=O)NC2(CCl)CCC(C)CC2)o1. The summed E-state index contributed by atoms with van der Waals surface area (Å²) in [7, 11) is 0. The van der Waals surface area contributed by atoms with Crippen LogP contribution in [-0.2, 0) is 0 Å². The predicted molar refractivity (Wildman–Crippen MR) is 74.5 cm³/mol. The van der Waals surface area contributed by atoms with Gasteiger partial charge in [-0.1, -0.05) is 6.92 Å². The van der Waals surface area contributed by atoms with Crippen LogP contribution in [0.4, 0.5) is 0 Å². The van der Waals surface area contributed by atoms with Gasteiger partial charge in [-0.05, 0) is 38.5 Å². The summed E-state index contributed by atoms with van der Waals surface area (Å²) in [5.41, 5.74) is 0.335. The number of alkyl halides is 1. The molecule has 1 amide bonds. The molecule has 1 aromatic rings. The number of oxazole rings is 1. The molecule has 4 nitrogen and oxygen atoms in total. The third kappa shape index (κ3) is 3.11. The first-order valence-electron chi connectivity index (χ1n) is 6.78. The normalized spacial score (nSPS) is 27.3. The molecule has 0 aliphatic heterocycles. The molecule has 19 heavy (non-hydrogen) atoms. The van der Waals surface area contributed by atoms with Crippen molar-refractivity contribution in [3.63, 3.8) is 0 Å². The molecular formula is C14H21ClN2O2. The summed E-state index contributed by atoms with van der Waals surface area (Å²) >= 11 is 6.10. The number of carbonyl (C=O) groups excluding carboxylic acids is 1. The Balaban J connectivity index is 2.10. The molecule has 1 aliphatic carbocycles. The van der Waals surface area contributed by atoms with Crippen LogP contribution in [0.2, 0.25) is 0 Å². The minimum atomic E-state index is -0.293. The van der Waals surface area contributed by atoms with E-state index in [9.17, 15) is 4.79 Å². The fraction of sp³-hybridized carbons (Fsp3) is 0.714. The maximum atomic E-state index is 12.3. The number of hydrogen-bond acceptors (Lipinski definition) is 3. The first-order chi connectivity index (χ1) is 8.96. The van der Waals surface area contributed by atoms with Crippen molar-refractivity contribution in [2.24, 2.45) is 5.92 Å². The Hall–Kier alpha value is -1.03. The molecule has 1 fully saturated rings. The van der Waals surface area contributed by atoms with E-state index in [0.29, 0.717) is 29.1 Å². The summed E-state index contributed by atoms with van der Waals surface area (Å²) in [6.07, 6.45) is 4.05. The lowest BCUT2D eigenvalue weighted by Gasteiger charge is -2.38. The van der Waals surface area contributed by atoms with E-state index in [1.165, 1.54) is 0 Å². The van der Waals surface area contributed by atoms with Crippen LogP contribution in [0, 0.1) is 19.8 Å². The maximum Gasteiger partial charge on any atom is 0.289 e. The Morgan fingerprint density at radius 3 is 2.58 bits per heavy atom. The van der Waals surface area contributed by atoms with E-state index in [1.54, 1.807) is 13.8 Å². The Kier molecular flexibility index (Phi) is 4.19. The van der Waals surface area contributed by atoms with Crippen LogP contribution in [0.1, 0.15) is 54.7 Å². The van der Waals surface area contributed by atoms with Gasteiger partial charge in [0.05, 0.1) is 11.2 Å². The van der Waals surface area contributed by atoms with Gasteiger partial charge < -0.3 is 9.73 Å². The van der Waals surface area contributed by atoms with Gasteiger partial charge in [0.25, 0.3) is 5.91 Å². The molecule has 0 bridgehead atoms. The van der Waals surface area contributed by atoms with Gasteiger partial charge in [0.1, 0.15) is 0 Å². The molecule has 0 saturated heterocycles. The molecule has 2 rings (SSSR count). The molecule has 0 atom stereocenters. The molecule has 0 spiro atoms. The summed E-state index contributed by atoms with van der Waals surface area (Å²) in [4.78, 5) is 16.4. The lowest BCUT2D eigenvalue weighted by molar-refractivity contribution is 0.0841. The summed E-state index contributed by atoms with van der Waals surface area (Å²) < 4.78 is 5.36. The molecular weight excluding hydrogens is 264 g/mol. The average molecular weight is 285 g/mol. The first kappa shape index (κ1) is 14.4. The van der Waals surface area contributed by atoms with Gasteiger partial charge in [-0.25, -0.2) is 4.98 Å². The Bertz CT molecular complexity index is 462. The lowest BCUT2D eigenvalue weighted by Crippen LogP contribution is -2.52. The highest BCUT2D eigenvalue weighted by Gasteiger charge is 2.36. The highest BCUT2D eigenvalue weighted by Crippen LogP contribution is 2.33. The van der Waals surface area contributed by atoms with E-state index < -0.39 is 0 Å². The van der Waals surface area contributed by atoms with E-state index >= 15 is 0 Å². The van der Waals surface area contributed by atoms with Gasteiger partial charge in [-0.3, -0.25) is 4.79 Å². The van der Waals surface area contributed by atoms with Crippen LogP contribution in [0.25, 0.3) is 0 Å². The van der Waals surface area contributed by atoms with Crippen LogP contribution >= 0.6 is 11.6 Å². The lowest BCUT2D eigenvalue weighted by atomic mass is 9.78. The van der Waals surface area contributed by atoms with Crippen molar-refractivity contribution in [2.45, 2.75) is 52.0 Å². The van der Waals surface area contributed by atoms with Crippen LogP contribution < -0.4 is 5.32 Å². The van der Waals surface area contributed by atoms with Crippen molar-refractivity contribution in [1.29, 1.82) is 0 Å². The van der Waals surface area contributed by atoms with Gasteiger partial charge in [0, 0.05) is 12.8 Å². The number of nitrogens with zero attached hydrogens (tertiary/aromatic N) is 1. The van der Waals surface area contributed by atoms with Crippen LogP contribution in [-0.4, -0.2) is 22.3 Å². The molecule has 0 aromatic carbocycles. The second-order valence-corrected chi connectivity index (χ2v) is 5.97. The zero-order valence-corrected chi connectivity index (χ0v) is 12.5. The number of carbonyl (C=O) groups is 1. The van der Waals surface area contributed by atoms with Gasteiger partial charge in [-0.2, -0.15) is 0 Å². The predicted octanol–water partition coefficient (Wildman–Crippen LogP) is 3.21. The van der Waals surface area contributed by atoms with Crippen molar-refractivity contribution < 1.29 is 9.21 Å². The topological polar surface area (TPSA) is 55.1 Å². The number of halogens is 1. The fourth-order valence-corrected chi connectivity index (χ4v) is 2.98. The fourth-order valence-electron chi connectivity index (χ4n) is 2.65. The highest BCUT2D eigenvalue weighted by molar-refractivity contribution is 6.19. The zero-order chi connectivity index (χ0) is 14.0. The summed E-state index contributed by atoms with van der Waals surface area (Å²) in [6, 6.07) is 0. The largest absolute Gasteiger partial charge is 0.436 e. The molecule has 1 aliphatic rings. The monoisotopic (exact) mass is 284 g/mol. The van der Waals surface area contributed by atoms with Crippen molar-refractivity contribution in [3.8, 4) is 0 Å². The molecule has 106 valence electrons. The smallest absolute Gasteiger partial charge is 0.289 e. The molecule has 1 N–H and O–H groups in total. The quantitative estimate of drug-likeness (QED) is 0.867. The number of nitrogens with one attached hydrogen (secondary N) is 1. The molecule has 1 heterocycles. The number of aryl methyl sites for hydroxylation is 2. The number of hydrogen-bond donors (Lipinski definition) is 1. The van der Waals surface area contributed by atoms with Crippen molar-refractivity contribution in [3.05, 3.63) is 17.3 Å². The molecule has 5 heteroatoms. The molecule has 0 unspecified atom stereocenters. The van der Waals surface area contributed by atoms with Crippen LogP contribution in [0.5, 0.6) is 0 Å². The van der Waals surface area contributed by atoms with Gasteiger partial charge in [0.15, 0.2) is 5.89 Å². The van der Waals surface area contributed by atoms with Gasteiger partial charge in [-0.15, -0.1) is 11.6 Å². The molecule has 0 radical (unpaired) electrons. The Morgan fingerprint density at radius 1 is 1.47 bits per heavy atom. The zero-order valence-electron chi connectivity index (χ0n) is 11.8. The number of aromatic nitrogens is 1. The second-order valence-electron chi connectivity index (χ2n) is 5.70. The van der Waals surface area contributed by atoms with E-state index in [2.05, 4.69) is 17.2 Å². The van der Waals surface area contributed by atoms with Crippen LogP contribution in [0.15, 0.2) is 4.42 Å². The van der Waals surface area contributed by atoms with Crippen LogP contribution in [0.3, 0.4) is 0 Å². The van der Waals surface area contributed by atoms with Crippen molar-refractivity contribution >= 4 is 17.5 Å². The maximum absolute atomic E-state index is 12.3. The van der Waals surface area contributed by atoms with Crippen molar-refractivity contribution in [2.75, 3.05) is 5.88 Å². The summed E-state index contributed by atoms with van der Waals surface area (Å²) in [6.45, 7) is 5.76. The first-order valence-corrected chi connectivity index (χ1v) is 7.32. The third-order valence-electron chi connectivity index (χ3n) is 3.98. The second kappa shape index (κ2) is 5.53. The van der Waals surface area contributed by atoms with E-state index in [-0.39, 0.29) is 11.4 Å². The third-order valence-corrected chi connectivity index (χ3v) is 4.49. The van der Waals surface area contributed by atoms with E-state index in [4.69, 9.17) is 16.0 Å². The highest BCUT2D eigenvalue weighted by atomic mass is 35.5. The van der Waals surface area contributed by atoms with Gasteiger partial charge in [0.2, 0.25) is 5.76 Å². The standard InChI is InChI=1S/C14H21ClN2O2/c1-9-4-6-14(8-15,7-5-9)17-13(18)12-10(2)16-11(3)19-12/h9H,4-8H2,1-3H3,(H,17,18). The number of rotatable bonds is 3. The minimum Gasteiger partial charge on any atom is -0.436 e. The average Bonchev–Trinajstić information content (AvgIpc) is 2.72. The molecule has 1 aromatic heterocycles.